The summed E-state index contributed by atoms with van der Waals surface area (Å²) in [7, 11) is 1.59. The first-order valence-electron chi connectivity index (χ1n) is 7.28. The number of rotatable bonds is 9. The summed E-state index contributed by atoms with van der Waals surface area (Å²) < 4.78 is 18.6. The molecule has 0 heterocycles. The minimum absolute atomic E-state index is 0. The van der Waals surface area contributed by atoms with Gasteiger partial charge in [-0.3, -0.25) is 4.79 Å². The predicted octanol–water partition coefficient (Wildman–Crippen LogP) is 2.77. The molecule has 0 atom stereocenters. The van der Waals surface area contributed by atoms with Gasteiger partial charge in [0.2, 0.25) is 5.91 Å². The first-order chi connectivity index (χ1) is 9.93. The summed E-state index contributed by atoms with van der Waals surface area (Å²) in [5.41, 5.74) is 6.02. The third-order valence-corrected chi connectivity index (χ3v) is 3.51. The summed E-state index contributed by atoms with van der Waals surface area (Å²) in [6.45, 7) is 5.80. The number of amides is 1. The van der Waals surface area contributed by atoms with Crippen LogP contribution in [0.5, 0.6) is 5.75 Å². The van der Waals surface area contributed by atoms with Crippen LogP contribution in [0.25, 0.3) is 0 Å². The molecule has 2 N–H and O–H groups in total. The van der Waals surface area contributed by atoms with Crippen LogP contribution in [0.4, 0.5) is 4.39 Å². The Morgan fingerprint density at radius 2 is 2.05 bits per heavy atom. The van der Waals surface area contributed by atoms with Gasteiger partial charge >= 0.3 is 0 Å². The van der Waals surface area contributed by atoms with Gasteiger partial charge in [0, 0.05) is 19.0 Å². The summed E-state index contributed by atoms with van der Waals surface area (Å²) >= 11 is 0. The molecule has 0 aliphatic carbocycles. The normalized spacial score (nSPS) is 10.6. The fourth-order valence-corrected chi connectivity index (χ4v) is 2.29. The Hall–Kier alpha value is -1.33. The topological polar surface area (TPSA) is 55.6 Å². The van der Waals surface area contributed by atoms with Crippen molar-refractivity contribution in [3.8, 4) is 5.75 Å². The van der Waals surface area contributed by atoms with Gasteiger partial charge in [0.25, 0.3) is 0 Å². The lowest BCUT2D eigenvalue weighted by Crippen LogP contribution is -2.34. The van der Waals surface area contributed by atoms with Crippen molar-refractivity contribution in [3.05, 3.63) is 29.6 Å². The lowest BCUT2D eigenvalue weighted by Gasteiger charge is -2.26. The van der Waals surface area contributed by atoms with Crippen molar-refractivity contribution < 1.29 is 13.9 Å². The van der Waals surface area contributed by atoms with Gasteiger partial charge in [-0.15, -0.1) is 12.4 Å². The Bertz CT molecular complexity index is 469. The molecule has 6 heteroatoms. The molecule has 0 aromatic heterocycles. The van der Waals surface area contributed by atoms with Crippen molar-refractivity contribution >= 4 is 18.3 Å². The average molecular weight is 333 g/mol. The molecule has 0 saturated heterocycles. The van der Waals surface area contributed by atoms with Crippen molar-refractivity contribution in [2.45, 2.75) is 39.2 Å². The molecule has 126 valence electrons. The Labute approximate surface area is 138 Å². The van der Waals surface area contributed by atoms with E-state index in [2.05, 4.69) is 18.7 Å². The third-order valence-electron chi connectivity index (χ3n) is 3.51. The summed E-state index contributed by atoms with van der Waals surface area (Å²) in [6, 6.07) is 4.92. The Balaban J connectivity index is 0.00000441. The van der Waals surface area contributed by atoms with Gasteiger partial charge in [-0.2, -0.15) is 0 Å². The van der Waals surface area contributed by atoms with E-state index in [0.717, 1.165) is 25.1 Å². The van der Waals surface area contributed by atoms with Crippen LogP contribution in [-0.2, 0) is 11.2 Å². The van der Waals surface area contributed by atoms with E-state index in [1.54, 1.807) is 13.2 Å². The van der Waals surface area contributed by atoms with Crippen molar-refractivity contribution in [1.82, 2.24) is 4.90 Å². The zero-order valence-electron chi connectivity index (χ0n) is 13.5. The second-order valence-corrected chi connectivity index (χ2v) is 5.41. The molecule has 0 radical (unpaired) electrons. The summed E-state index contributed by atoms with van der Waals surface area (Å²) in [6.07, 6.45) is 1.84. The average Bonchev–Trinajstić information content (AvgIpc) is 2.42. The predicted molar refractivity (Wildman–Crippen MR) is 89.0 cm³/mol. The molecule has 22 heavy (non-hydrogen) atoms. The van der Waals surface area contributed by atoms with Crippen LogP contribution in [-0.4, -0.2) is 37.0 Å². The lowest BCUT2D eigenvalue weighted by atomic mass is 10.1. The summed E-state index contributed by atoms with van der Waals surface area (Å²) in [4.78, 5) is 13.1. The molecular formula is C16H26ClFN2O2. The summed E-state index contributed by atoms with van der Waals surface area (Å²) in [5.74, 6) is 0.179. The molecule has 0 saturated carbocycles. The second-order valence-electron chi connectivity index (χ2n) is 5.41. The van der Waals surface area contributed by atoms with Crippen molar-refractivity contribution in [2.75, 3.05) is 20.2 Å². The largest absolute Gasteiger partial charge is 0.496 e. The van der Waals surface area contributed by atoms with E-state index in [4.69, 9.17) is 10.5 Å². The third kappa shape index (κ3) is 7.09. The molecule has 4 nitrogen and oxygen atoms in total. The molecule has 0 aliphatic rings. The van der Waals surface area contributed by atoms with Gasteiger partial charge in [0.1, 0.15) is 11.6 Å². The molecule has 1 rings (SSSR count). The number of nitrogens with two attached hydrogens (primary N) is 1. The number of hydrogen-bond acceptors (Lipinski definition) is 3. The van der Waals surface area contributed by atoms with Gasteiger partial charge in [-0.1, -0.05) is 0 Å². The molecule has 0 spiro atoms. The second kappa shape index (κ2) is 10.4. The number of halogens is 2. The maximum absolute atomic E-state index is 13.3. The van der Waals surface area contributed by atoms with E-state index < -0.39 is 0 Å². The fourth-order valence-electron chi connectivity index (χ4n) is 2.29. The van der Waals surface area contributed by atoms with E-state index in [0.29, 0.717) is 24.6 Å². The monoisotopic (exact) mass is 332 g/mol. The van der Waals surface area contributed by atoms with Crippen molar-refractivity contribution in [2.24, 2.45) is 5.73 Å². The fraction of sp³-hybridized carbons (Fsp3) is 0.562. The number of carbonyl (C=O) groups excluding carboxylic acids is 1. The van der Waals surface area contributed by atoms with E-state index in [1.807, 2.05) is 0 Å². The smallest absolute Gasteiger partial charge is 0.217 e. The summed E-state index contributed by atoms with van der Waals surface area (Å²) in [5, 5.41) is 0. The van der Waals surface area contributed by atoms with E-state index in [9.17, 15) is 9.18 Å². The Morgan fingerprint density at radius 3 is 2.59 bits per heavy atom. The first kappa shape index (κ1) is 20.7. The molecule has 1 amide bonds. The van der Waals surface area contributed by atoms with Crippen molar-refractivity contribution in [3.63, 3.8) is 0 Å². The van der Waals surface area contributed by atoms with Crippen LogP contribution in [0, 0.1) is 5.82 Å². The maximum atomic E-state index is 13.3. The number of hydrogen-bond donors (Lipinski definition) is 1. The number of primary amides is 1. The Morgan fingerprint density at radius 1 is 1.36 bits per heavy atom. The molecule has 1 aromatic carbocycles. The zero-order valence-corrected chi connectivity index (χ0v) is 14.3. The van der Waals surface area contributed by atoms with Gasteiger partial charge in [0.15, 0.2) is 0 Å². The van der Waals surface area contributed by atoms with Crippen molar-refractivity contribution in [1.29, 1.82) is 0 Å². The van der Waals surface area contributed by atoms with Crippen LogP contribution in [0.1, 0.15) is 32.3 Å². The number of benzene rings is 1. The highest BCUT2D eigenvalue weighted by atomic mass is 35.5. The van der Waals surface area contributed by atoms with Gasteiger partial charge in [0.05, 0.1) is 7.11 Å². The van der Waals surface area contributed by atoms with Gasteiger partial charge < -0.3 is 15.4 Å². The van der Waals surface area contributed by atoms with E-state index in [1.165, 1.54) is 12.1 Å². The van der Waals surface area contributed by atoms with Crippen LogP contribution >= 0.6 is 12.4 Å². The molecule has 0 bridgehead atoms. The van der Waals surface area contributed by atoms with E-state index in [-0.39, 0.29) is 24.1 Å². The lowest BCUT2D eigenvalue weighted by molar-refractivity contribution is -0.118. The first-order valence-corrected chi connectivity index (χ1v) is 7.28. The van der Waals surface area contributed by atoms with Crippen LogP contribution in [0.2, 0.25) is 0 Å². The maximum Gasteiger partial charge on any atom is 0.217 e. The molecular weight excluding hydrogens is 307 g/mol. The SMILES string of the molecule is COc1ccc(F)cc1CCN(CCCC(N)=O)C(C)C.Cl. The van der Waals surface area contributed by atoms with E-state index >= 15 is 0 Å². The number of nitrogens with zero attached hydrogens (tertiary/aromatic N) is 1. The molecule has 0 unspecified atom stereocenters. The van der Waals surface area contributed by atoms with Crippen LogP contribution in [0.15, 0.2) is 18.2 Å². The highest BCUT2D eigenvalue weighted by Crippen LogP contribution is 2.20. The van der Waals surface area contributed by atoms with Crippen LogP contribution < -0.4 is 10.5 Å². The highest BCUT2D eigenvalue weighted by molar-refractivity contribution is 5.85. The number of ether oxygens (including phenoxy) is 1. The number of methoxy groups -OCH3 is 1. The molecule has 0 fully saturated rings. The standard InChI is InChI=1S/C16H25FN2O2.ClH/c1-12(2)19(9-4-5-16(18)20)10-8-13-11-14(17)6-7-15(13)21-3;/h6-7,11-12H,4-5,8-10H2,1-3H3,(H2,18,20);1H. The minimum atomic E-state index is -0.273. The zero-order chi connectivity index (χ0) is 15.8. The number of carbonyl (C=O) groups is 1. The molecule has 1 aromatic rings. The Kier molecular flexibility index (Phi) is 9.78. The minimum Gasteiger partial charge on any atom is -0.496 e. The molecule has 0 aliphatic heterocycles. The highest BCUT2D eigenvalue weighted by Gasteiger charge is 2.12. The van der Waals surface area contributed by atoms with Gasteiger partial charge in [-0.05, 0) is 57.0 Å². The quantitative estimate of drug-likeness (QED) is 0.756. The van der Waals surface area contributed by atoms with Crippen LogP contribution in [0.3, 0.4) is 0 Å². The van der Waals surface area contributed by atoms with Gasteiger partial charge in [-0.25, -0.2) is 4.39 Å².